The van der Waals surface area contributed by atoms with Gasteiger partial charge in [-0.25, -0.2) is 14.5 Å². The molecule has 1 aromatic carbocycles. The van der Waals surface area contributed by atoms with Gasteiger partial charge in [0, 0.05) is 58.4 Å². The van der Waals surface area contributed by atoms with E-state index in [1.54, 1.807) is 0 Å². The van der Waals surface area contributed by atoms with E-state index in [9.17, 15) is 9.59 Å². The summed E-state index contributed by atoms with van der Waals surface area (Å²) >= 11 is 9.99. The van der Waals surface area contributed by atoms with E-state index in [4.69, 9.17) is 73.4 Å². The first-order valence-electron chi connectivity index (χ1n) is 30.0. The standard InChI is InChI=1S/C58H93ClN8O14S2/c1-44-45(2)83-57(61-44)47-9-13-49(14-10-47)67-41-53(81-42-50(67)39-46-7-11-48(59)12-8-46)51-40-66(65-64-51)16-18-71-20-22-73-24-26-75-28-30-77-32-34-79-36-38-80-37-35-78-33-31-76-29-27-74-25-23-72-21-19-70-17-15-60-55(68)6-4-3-5-54-56-52(43-82-54)62-58(69)63-56/h7-8,11-12,40,47,49-50,52-54,56H,3-6,9-10,13-39,41-43H2,1-2H3,(H,60,68)(H2,62,63,69)/t47?,49?,50-,52-,53+,54-,56-/m0/s1. The van der Waals surface area contributed by atoms with E-state index in [1.165, 1.54) is 21.1 Å². The number of halogens is 1. The van der Waals surface area contributed by atoms with Crippen molar-refractivity contribution in [3.8, 4) is 0 Å². The van der Waals surface area contributed by atoms with Crippen molar-refractivity contribution in [2.45, 2.75) is 120 Å². The van der Waals surface area contributed by atoms with Crippen LogP contribution in [0, 0.1) is 13.8 Å². The number of nitrogens with one attached hydrogen (secondary N) is 3. The second-order valence-corrected chi connectivity index (χ2v) is 24.0. The Kier molecular flexibility index (Phi) is 32.7. The van der Waals surface area contributed by atoms with Crippen LogP contribution in [0.4, 0.5) is 4.79 Å². The molecule has 4 aliphatic rings. The number of aromatic nitrogens is 4. The van der Waals surface area contributed by atoms with Gasteiger partial charge in [-0.05, 0) is 76.5 Å². The molecule has 4 fully saturated rings. The quantitative estimate of drug-likeness (QED) is 0.0453. The minimum absolute atomic E-state index is 0.0403. The first-order valence-corrected chi connectivity index (χ1v) is 32.3. The maximum atomic E-state index is 12.1. The molecule has 5 heterocycles. The minimum atomic E-state index is -0.141. The molecule has 83 heavy (non-hydrogen) atoms. The smallest absolute Gasteiger partial charge is 0.315 e. The van der Waals surface area contributed by atoms with Crippen molar-refractivity contribution >= 4 is 46.6 Å². The zero-order valence-corrected chi connectivity index (χ0v) is 51.4. The van der Waals surface area contributed by atoms with Gasteiger partial charge in [0.25, 0.3) is 0 Å². The van der Waals surface area contributed by atoms with Crippen LogP contribution < -0.4 is 16.0 Å². The number of hydrogen-bond acceptors (Lipinski definition) is 20. The Bertz CT molecular complexity index is 2200. The highest BCUT2D eigenvalue weighted by atomic mass is 35.5. The van der Waals surface area contributed by atoms with Gasteiger partial charge in [-0.15, -0.1) is 16.4 Å². The number of unbranched alkanes of at least 4 members (excludes halogenated alkanes) is 1. The zero-order chi connectivity index (χ0) is 57.9. The molecule has 3 amide bonds. The Balaban J connectivity index is 0.562. The van der Waals surface area contributed by atoms with Gasteiger partial charge < -0.3 is 72.8 Å². The van der Waals surface area contributed by atoms with E-state index >= 15 is 0 Å². The maximum absolute atomic E-state index is 12.1. The number of thioether (sulfide) groups is 1. The van der Waals surface area contributed by atoms with Crippen molar-refractivity contribution in [3.63, 3.8) is 0 Å². The predicted molar refractivity (Wildman–Crippen MR) is 317 cm³/mol. The largest absolute Gasteiger partial charge is 0.377 e. The number of fused-ring (bicyclic) bond motifs is 1. The van der Waals surface area contributed by atoms with Crippen molar-refractivity contribution in [1.29, 1.82) is 0 Å². The third-order valence-corrected chi connectivity index (χ3v) is 18.0. The molecule has 3 aliphatic heterocycles. The number of benzene rings is 1. The van der Waals surface area contributed by atoms with Crippen LogP contribution in [0.25, 0.3) is 0 Å². The number of hydrogen-bond donors (Lipinski definition) is 3. The fourth-order valence-electron chi connectivity index (χ4n) is 10.4. The topological polar surface area (TPSA) is 228 Å². The molecular formula is C58H93ClN8O14S2. The van der Waals surface area contributed by atoms with Gasteiger partial charge in [-0.2, -0.15) is 11.8 Å². The van der Waals surface area contributed by atoms with E-state index in [0.717, 1.165) is 74.4 Å². The van der Waals surface area contributed by atoms with Crippen molar-refractivity contribution < 1.29 is 66.4 Å². The van der Waals surface area contributed by atoms with Crippen LogP contribution in [0.5, 0.6) is 0 Å². The van der Waals surface area contributed by atoms with Crippen LogP contribution in [0.2, 0.25) is 5.02 Å². The Morgan fingerprint density at radius 1 is 0.711 bits per heavy atom. The normalized spacial score (nSPS) is 21.8. The molecule has 0 unspecified atom stereocenters. The minimum Gasteiger partial charge on any atom is -0.377 e. The van der Waals surface area contributed by atoms with Crippen LogP contribution in [0.1, 0.15) is 90.2 Å². The maximum Gasteiger partial charge on any atom is 0.315 e. The molecule has 468 valence electrons. The molecule has 22 nitrogen and oxygen atoms in total. The average Bonchev–Trinajstić information content (AvgIpc) is 4.53. The summed E-state index contributed by atoms with van der Waals surface area (Å²) in [7, 11) is 0. The lowest BCUT2D eigenvalue weighted by Gasteiger charge is -2.46. The molecule has 0 bridgehead atoms. The van der Waals surface area contributed by atoms with Crippen LogP contribution in [0.15, 0.2) is 30.5 Å². The van der Waals surface area contributed by atoms with Gasteiger partial charge in [-0.1, -0.05) is 35.4 Å². The Morgan fingerprint density at radius 2 is 1.25 bits per heavy atom. The van der Waals surface area contributed by atoms with Crippen molar-refractivity contribution in [1.82, 2.24) is 40.8 Å². The lowest BCUT2D eigenvalue weighted by molar-refractivity contribution is -0.121. The number of amides is 3. The van der Waals surface area contributed by atoms with Gasteiger partial charge in [0.05, 0.1) is 187 Å². The van der Waals surface area contributed by atoms with Gasteiger partial charge in [0.15, 0.2) is 0 Å². The number of carbonyl (C=O) groups is 2. The molecule has 2 aromatic heterocycles. The number of urea groups is 1. The number of thiazole rings is 1. The summed E-state index contributed by atoms with van der Waals surface area (Å²) in [5, 5.41) is 20.3. The highest BCUT2D eigenvalue weighted by Crippen LogP contribution is 2.40. The lowest BCUT2D eigenvalue weighted by Crippen LogP contribution is -2.53. The van der Waals surface area contributed by atoms with Crippen LogP contribution >= 0.6 is 34.7 Å². The molecule has 5 atom stereocenters. The van der Waals surface area contributed by atoms with Gasteiger partial charge >= 0.3 is 6.03 Å². The second kappa shape index (κ2) is 40.3. The van der Waals surface area contributed by atoms with E-state index in [2.05, 4.69) is 57.1 Å². The summed E-state index contributed by atoms with van der Waals surface area (Å²) in [6.45, 7) is 17.3. The summed E-state index contributed by atoms with van der Waals surface area (Å²) < 4.78 is 69.9. The molecule has 3 aromatic rings. The summed E-state index contributed by atoms with van der Waals surface area (Å²) in [6.07, 6.45) is 10.7. The highest BCUT2D eigenvalue weighted by molar-refractivity contribution is 8.00. The molecule has 25 heteroatoms. The van der Waals surface area contributed by atoms with Crippen LogP contribution in [-0.2, 0) is 74.6 Å². The number of rotatable bonds is 46. The van der Waals surface area contributed by atoms with Gasteiger partial charge in [-0.3, -0.25) is 9.69 Å². The number of morpholine rings is 1. The second-order valence-electron chi connectivity index (χ2n) is 21.1. The Hall–Kier alpha value is -3.15. The van der Waals surface area contributed by atoms with Gasteiger partial charge in [0.2, 0.25) is 5.91 Å². The Labute approximate surface area is 504 Å². The number of carbonyl (C=O) groups excluding carboxylic acids is 2. The van der Waals surface area contributed by atoms with Crippen molar-refractivity contribution in [3.05, 3.63) is 62.3 Å². The summed E-state index contributed by atoms with van der Waals surface area (Å²) in [5.74, 6) is 1.54. The molecular weight excluding hydrogens is 1130 g/mol. The van der Waals surface area contributed by atoms with E-state index in [-0.39, 0.29) is 36.2 Å². The molecule has 3 N–H and O–H groups in total. The van der Waals surface area contributed by atoms with E-state index in [1.807, 2.05) is 46.1 Å². The molecule has 3 saturated heterocycles. The van der Waals surface area contributed by atoms with E-state index in [0.29, 0.717) is 189 Å². The van der Waals surface area contributed by atoms with Gasteiger partial charge in [0.1, 0.15) is 11.8 Å². The summed E-state index contributed by atoms with van der Waals surface area (Å²) in [5.41, 5.74) is 3.30. The number of aryl methyl sites for hydroxylation is 2. The zero-order valence-electron chi connectivity index (χ0n) is 49.0. The summed E-state index contributed by atoms with van der Waals surface area (Å²) in [6, 6.07) is 9.36. The molecule has 0 radical (unpaired) electrons. The Morgan fingerprint density at radius 3 is 1.80 bits per heavy atom. The first-order chi connectivity index (χ1) is 40.8. The fraction of sp³-hybridized carbons (Fsp3) is 0.776. The van der Waals surface area contributed by atoms with Crippen molar-refractivity contribution in [2.24, 2.45) is 0 Å². The SMILES string of the molecule is Cc1nc(C2CCC(N3C[C@H](c4cn(CCOCCOCCOCCOCCOCCOCCOCCOCCOCCOCCOCCNC(=O)CCCC[C@@H]5SC[C@@H]6NC(=O)N[C@@H]65)nn4)OC[C@@H]3Cc3ccc(Cl)cc3)CC2)sc1C. The average molecular weight is 1230 g/mol. The third kappa shape index (κ3) is 26.0. The van der Waals surface area contributed by atoms with Crippen molar-refractivity contribution in [2.75, 3.05) is 171 Å². The fourth-order valence-corrected chi connectivity index (χ4v) is 13.2. The lowest BCUT2D eigenvalue weighted by atomic mass is 9.84. The highest BCUT2D eigenvalue weighted by Gasteiger charge is 2.43. The number of ether oxygens (including phenoxy) is 12. The number of nitrogens with zero attached hydrogens (tertiary/aromatic N) is 5. The summed E-state index contributed by atoms with van der Waals surface area (Å²) in [4.78, 5) is 32.6. The predicted octanol–water partition coefficient (Wildman–Crippen LogP) is 5.74. The van der Waals surface area contributed by atoms with Crippen LogP contribution in [-0.4, -0.2) is 237 Å². The third-order valence-electron chi connectivity index (χ3n) is 15.0. The van der Waals surface area contributed by atoms with Crippen LogP contribution in [0.3, 0.4) is 0 Å². The molecule has 7 rings (SSSR count). The first kappa shape index (κ1) is 67.4. The van der Waals surface area contributed by atoms with E-state index < -0.39 is 0 Å². The molecule has 1 saturated carbocycles. The monoisotopic (exact) mass is 1220 g/mol. The molecule has 1 aliphatic carbocycles. The molecule has 0 spiro atoms.